The van der Waals surface area contributed by atoms with Gasteiger partial charge in [0.15, 0.2) is 6.29 Å². The fraction of sp³-hybridized carbons (Fsp3) is 0.767. The third-order valence-corrected chi connectivity index (χ3v) is 6.99. The molecule has 6 atom stereocenters. The van der Waals surface area contributed by atoms with Crippen LogP contribution in [0, 0.1) is 0 Å². The van der Waals surface area contributed by atoms with E-state index in [1.807, 2.05) is 6.92 Å². The molecule has 13 heteroatoms. The molecule has 0 bridgehead atoms. The Labute approximate surface area is 256 Å². The lowest BCUT2D eigenvalue weighted by atomic mass is 9.99. The van der Waals surface area contributed by atoms with Crippen LogP contribution in [0.3, 0.4) is 0 Å². The van der Waals surface area contributed by atoms with Gasteiger partial charge in [-0.15, -0.1) is 0 Å². The van der Waals surface area contributed by atoms with Crippen LogP contribution in [0.4, 0.5) is 0 Å². The second kappa shape index (κ2) is 23.7. The summed E-state index contributed by atoms with van der Waals surface area (Å²) in [7, 11) is -5.04. The number of hydrogen-bond acceptors (Lipinski definition) is 11. The molecule has 1 aliphatic heterocycles. The van der Waals surface area contributed by atoms with Crippen molar-refractivity contribution >= 4 is 16.4 Å². The predicted molar refractivity (Wildman–Crippen MR) is 160 cm³/mol. The number of hydrogen-bond donors (Lipinski definition) is 4. The van der Waals surface area contributed by atoms with Crippen LogP contribution >= 0.6 is 0 Å². The highest BCUT2D eigenvalue weighted by molar-refractivity contribution is 7.80. The van der Waals surface area contributed by atoms with Gasteiger partial charge in [-0.2, -0.15) is 8.42 Å². The zero-order chi connectivity index (χ0) is 31.9. The molecule has 0 saturated carbocycles. The van der Waals surface area contributed by atoms with Crippen LogP contribution in [0.15, 0.2) is 36.5 Å². The number of ether oxygens (including phenoxy) is 4. The van der Waals surface area contributed by atoms with Crippen molar-refractivity contribution in [1.29, 1.82) is 0 Å². The Morgan fingerprint density at radius 1 is 0.907 bits per heavy atom. The summed E-state index contributed by atoms with van der Waals surface area (Å²) >= 11 is 0. The van der Waals surface area contributed by atoms with Crippen LogP contribution in [0.1, 0.15) is 84.5 Å². The normalized spacial score (nSPS) is 23.9. The maximum atomic E-state index is 12.2. The molecule has 0 aliphatic carbocycles. The largest absolute Gasteiger partial charge is 0.457 e. The molecule has 0 spiro atoms. The lowest BCUT2D eigenvalue weighted by Gasteiger charge is -2.41. The average Bonchev–Trinajstić information content (AvgIpc) is 2.96. The van der Waals surface area contributed by atoms with Gasteiger partial charge in [0.2, 0.25) is 0 Å². The standard InChI is InChI=1S/C30H52O12S/c1-3-5-7-8-9-10-11-12-13-14-15-16-17-18-20-38-22-24(40-26(32)19-6-4-2)23-39-30-28(34)29(42-43(35,36)37)27(33)25(21-31)41-30/h5,7,9-10,12-13,24-25,27-31,33-34H,3-4,6,8,11,14-23H2,1-2H3,(H,35,36,37)/b7-5-,10-9-,13-12-. The first-order valence-corrected chi connectivity index (χ1v) is 16.6. The van der Waals surface area contributed by atoms with Crippen LogP contribution in [0.25, 0.3) is 0 Å². The summed E-state index contributed by atoms with van der Waals surface area (Å²) in [6.45, 7) is 3.49. The van der Waals surface area contributed by atoms with Gasteiger partial charge in [0.05, 0.1) is 19.8 Å². The highest BCUT2D eigenvalue weighted by atomic mass is 32.3. The zero-order valence-electron chi connectivity index (χ0n) is 25.5. The van der Waals surface area contributed by atoms with Crippen LogP contribution in [0.2, 0.25) is 0 Å². The molecule has 0 aromatic rings. The minimum Gasteiger partial charge on any atom is -0.457 e. The highest BCUT2D eigenvalue weighted by Crippen LogP contribution is 2.25. The minimum absolute atomic E-state index is 0.0160. The van der Waals surface area contributed by atoms with Gasteiger partial charge in [-0.3, -0.25) is 9.35 Å². The first-order chi connectivity index (χ1) is 20.6. The van der Waals surface area contributed by atoms with Gasteiger partial charge in [0, 0.05) is 13.0 Å². The SMILES string of the molecule is CC/C=C\C/C=C\C/C=C\CCCCCCOCC(COC1OC(CO)C(O)C(OS(=O)(=O)O)C1O)OC(=O)CCCC. The molecule has 6 unspecified atom stereocenters. The fourth-order valence-electron chi connectivity index (χ4n) is 4.19. The Morgan fingerprint density at radius 3 is 2.23 bits per heavy atom. The summed E-state index contributed by atoms with van der Waals surface area (Å²) in [6.07, 6.45) is 13.4. The maximum absolute atomic E-state index is 12.2. The van der Waals surface area contributed by atoms with Gasteiger partial charge in [-0.05, 0) is 44.9 Å². The highest BCUT2D eigenvalue weighted by Gasteiger charge is 2.48. The van der Waals surface area contributed by atoms with E-state index in [1.54, 1.807) is 0 Å². The summed E-state index contributed by atoms with van der Waals surface area (Å²) in [5.41, 5.74) is 0. The van der Waals surface area contributed by atoms with E-state index >= 15 is 0 Å². The van der Waals surface area contributed by atoms with Crippen molar-refractivity contribution < 1.29 is 56.2 Å². The molecule has 1 rings (SSSR count). The van der Waals surface area contributed by atoms with Crippen molar-refractivity contribution in [2.24, 2.45) is 0 Å². The van der Waals surface area contributed by atoms with E-state index < -0.39 is 59.8 Å². The molecule has 0 aromatic carbocycles. The second-order valence-corrected chi connectivity index (χ2v) is 11.4. The van der Waals surface area contributed by atoms with E-state index in [4.69, 9.17) is 23.5 Å². The van der Waals surface area contributed by atoms with E-state index in [9.17, 15) is 28.5 Å². The third-order valence-electron chi connectivity index (χ3n) is 6.53. The summed E-state index contributed by atoms with van der Waals surface area (Å²) in [5.74, 6) is -0.447. The Kier molecular flexibility index (Phi) is 21.7. The third kappa shape index (κ3) is 18.7. The Hall–Kier alpha value is -1.68. The number of carbonyl (C=O) groups is 1. The van der Waals surface area contributed by atoms with Crippen molar-refractivity contribution in [2.75, 3.05) is 26.4 Å². The molecule has 4 N–H and O–H groups in total. The molecule has 0 aromatic heterocycles. The van der Waals surface area contributed by atoms with Crippen LogP contribution in [0.5, 0.6) is 0 Å². The summed E-state index contributed by atoms with van der Waals surface area (Å²) in [6, 6.07) is 0. The lowest BCUT2D eigenvalue weighted by molar-refractivity contribution is -0.301. The van der Waals surface area contributed by atoms with E-state index in [0.29, 0.717) is 13.0 Å². The molecular formula is C30H52O12S. The molecule has 0 radical (unpaired) electrons. The number of carbonyl (C=O) groups excluding carboxylic acids is 1. The number of esters is 1. The van der Waals surface area contributed by atoms with Crippen LogP contribution in [-0.4, -0.2) is 97.5 Å². The summed E-state index contributed by atoms with van der Waals surface area (Å²) in [5, 5.41) is 30.1. The van der Waals surface area contributed by atoms with Gasteiger partial charge in [0.25, 0.3) is 0 Å². The fourth-order valence-corrected chi connectivity index (χ4v) is 4.70. The van der Waals surface area contributed by atoms with E-state index in [-0.39, 0.29) is 19.6 Å². The van der Waals surface area contributed by atoms with Gasteiger partial charge in [-0.25, -0.2) is 4.18 Å². The molecule has 12 nitrogen and oxygen atoms in total. The van der Waals surface area contributed by atoms with Crippen molar-refractivity contribution in [3.8, 4) is 0 Å². The van der Waals surface area contributed by atoms with Crippen LogP contribution in [-0.2, 0) is 38.3 Å². The molecule has 0 amide bonds. The molecule has 1 aliphatic rings. The zero-order valence-corrected chi connectivity index (χ0v) is 26.3. The molecule has 1 fully saturated rings. The minimum atomic E-state index is -5.04. The number of unbranched alkanes of at least 4 members (excludes halogenated alkanes) is 5. The Bertz CT molecular complexity index is 920. The second-order valence-electron chi connectivity index (χ2n) is 10.3. The smallest absolute Gasteiger partial charge is 0.397 e. The van der Waals surface area contributed by atoms with Crippen molar-refractivity contribution in [2.45, 2.75) is 121 Å². The van der Waals surface area contributed by atoms with Crippen molar-refractivity contribution in [3.05, 3.63) is 36.5 Å². The molecule has 1 saturated heterocycles. The number of allylic oxidation sites excluding steroid dienone is 6. The van der Waals surface area contributed by atoms with Crippen molar-refractivity contribution in [1.82, 2.24) is 0 Å². The van der Waals surface area contributed by atoms with E-state index in [1.165, 1.54) is 0 Å². The van der Waals surface area contributed by atoms with Gasteiger partial charge in [0.1, 0.15) is 30.5 Å². The molecular weight excluding hydrogens is 584 g/mol. The number of aliphatic hydroxyl groups is 3. The Balaban J connectivity index is 2.46. The Morgan fingerprint density at radius 2 is 1.58 bits per heavy atom. The van der Waals surface area contributed by atoms with Crippen molar-refractivity contribution in [3.63, 3.8) is 0 Å². The quantitative estimate of drug-likeness (QED) is 0.0525. The van der Waals surface area contributed by atoms with E-state index in [0.717, 1.165) is 57.8 Å². The monoisotopic (exact) mass is 636 g/mol. The predicted octanol–water partition coefficient (Wildman–Crippen LogP) is 3.56. The summed E-state index contributed by atoms with van der Waals surface area (Å²) < 4.78 is 57.8. The molecule has 250 valence electrons. The first kappa shape index (κ1) is 39.3. The van der Waals surface area contributed by atoms with Gasteiger partial charge >= 0.3 is 16.4 Å². The first-order valence-electron chi connectivity index (χ1n) is 15.2. The van der Waals surface area contributed by atoms with Gasteiger partial charge < -0.3 is 34.3 Å². The molecule has 1 heterocycles. The lowest BCUT2D eigenvalue weighted by Crippen LogP contribution is -2.60. The van der Waals surface area contributed by atoms with Crippen LogP contribution < -0.4 is 0 Å². The van der Waals surface area contributed by atoms with E-state index in [2.05, 4.69) is 47.6 Å². The number of rotatable bonds is 24. The summed E-state index contributed by atoms with van der Waals surface area (Å²) in [4.78, 5) is 12.2. The van der Waals surface area contributed by atoms with Gasteiger partial charge in [-0.1, -0.05) is 69.6 Å². The topological polar surface area (TPSA) is 178 Å². The maximum Gasteiger partial charge on any atom is 0.397 e. The number of aliphatic hydroxyl groups excluding tert-OH is 3. The average molecular weight is 637 g/mol. The molecule has 43 heavy (non-hydrogen) atoms.